The van der Waals surface area contributed by atoms with Crippen LogP contribution >= 0.6 is 0 Å². The van der Waals surface area contributed by atoms with Crippen molar-refractivity contribution >= 4 is 23.9 Å². The number of hydrogen-bond acceptors (Lipinski definition) is 11. The smallest absolute Gasteiger partial charge is 0.430 e. The van der Waals surface area contributed by atoms with Gasteiger partial charge in [0.15, 0.2) is 17.8 Å². The van der Waals surface area contributed by atoms with Crippen molar-refractivity contribution < 1.29 is 79.0 Å². The number of fused-ring (bicyclic) bond motifs is 3. The molecule has 1 aliphatic carbocycles. The number of ether oxygens (including phenoxy) is 6. The van der Waals surface area contributed by atoms with Gasteiger partial charge < -0.3 is 33.5 Å². The number of alkyl halides is 6. The standard InChI is InChI=1S/C17H28O3.C13H18O5.C12H18F6O3/c1-4-16(2,3)15(18)20-17(9-5-6-10-17)13-11-12-7-8-14(13)19-12;1-4-13(2,3)12(15)18-9-7-5-6-8(16-7)10(9)17-11(6)14;1-6-8(2,3)7(19)21-9(4,5)10(20,11(13,14)15)12(16,17)18/h12-14H,4-11H2,1-3H3;6-10H,4-5H2,1-3H3;20H,6H2,1-5H3. The first-order valence-corrected chi connectivity index (χ1v) is 20.9. The Morgan fingerprint density at radius 3 is 1.68 bits per heavy atom. The van der Waals surface area contributed by atoms with Crippen LogP contribution in [0.4, 0.5) is 26.3 Å². The maximum absolute atomic E-state index is 12.8. The van der Waals surface area contributed by atoms with Gasteiger partial charge in [-0.15, -0.1) is 0 Å². The first-order valence-electron chi connectivity index (χ1n) is 20.9. The van der Waals surface area contributed by atoms with Crippen LogP contribution in [-0.4, -0.2) is 94.8 Å². The third-order valence-corrected chi connectivity index (χ3v) is 13.9. The van der Waals surface area contributed by atoms with E-state index in [0.717, 1.165) is 32.1 Å². The molecule has 59 heavy (non-hydrogen) atoms. The van der Waals surface area contributed by atoms with E-state index >= 15 is 0 Å². The molecule has 0 radical (unpaired) electrons. The molecule has 8 unspecified atom stereocenters. The lowest BCUT2D eigenvalue weighted by Gasteiger charge is -2.44. The van der Waals surface area contributed by atoms with E-state index in [9.17, 15) is 50.6 Å². The molecule has 5 heterocycles. The minimum Gasteiger partial charge on any atom is -0.458 e. The van der Waals surface area contributed by atoms with Crippen molar-refractivity contribution in [2.24, 2.45) is 28.1 Å². The van der Waals surface area contributed by atoms with Gasteiger partial charge in [0.05, 0.1) is 40.5 Å². The first kappa shape index (κ1) is 49.0. The van der Waals surface area contributed by atoms with Crippen LogP contribution < -0.4 is 0 Å². The molecule has 0 aromatic heterocycles. The van der Waals surface area contributed by atoms with Crippen LogP contribution in [0.2, 0.25) is 0 Å². The van der Waals surface area contributed by atoms with Gasteiger partial charge in [-0.2, -0.15) is 26.3 Å². The first-order chi connectivity index (χ1) is 26.8. The molecule has 11 nitrogen and oxygen atoms in total. The Morgan fingerprint density at radius 1 is 0.712 bits per heavy atom. The zero-order valence-corrected chi connectivity index (χ0v) is 36.2. The maximum atomic E-state index is 12.8. The van der Waals surface area contributed by atoms with Crippen molar-refractivity contribution in [1.29, 1.82) is 0 Å². The summed E-state index contributed by atoms with van der Waals surface area (Å²) in [6, 6.07) is 0. The summed E-state index contributed by atoms with van der Waals surface area (Å²) in [4.78, 5) is 47.9. The molecular formula is C42H64F6O11. The van der Waals surface area contributed by atoms with Crippen molar-refractivity contribution in [2.75, 3.05) is 0 Å². The van der Waals surface area contributed by atoms with Gasteiger partial charge in [-0.05, 0) is 126 Å². The molecule has 1 saturated carbocycles. The summed E-state index contributed by atoms with van der Waals surface area (Å²) in [5.74, 6) is -1.42. The number of hydrogen-bond donors (Lipinski definition) is 1. The highest BCUT2D eigenvalue weighted by molar-refractivity contribution is 5.79. The highest BCUT2D eigenvalue weighted by atomic mass is 19.4. The Labute approximate surface area is 343 Å². The van der Waals surface area contributed by atoms with Crippen LogP contribution in [0.3, 0.4) is 0 Å². The van der Waals surface area contributed by atoms with Gasteiger partial charge in [-0.3, -0.25) is 19.2 Å². The number of rotatable bonds is 11. The number of carbonyl (C=O) groups excluding carboxylic acids is 4. The Bertz CT molecular complexity index is 1530. The van der Waals surface area contributed by atoms with Crippen LogP contribution in [0, 0.1) is 28.1 Å². The Hall–Kier alpha value is -2.66. The molecule has 17 heteroatoms. The normalized spacial score (nSPS) is 29.9. The number of carbonyl (C=O) groups is 4. The molecule has 4 bridgehead atoms. The van der Waals surface area contributed by atoms with Crippen molar-refractivity contribution in [1.82, 2.24) is 0 Å². The monoisotopic (exact) mass is 858 g/mol. The molecule has 1 N–H and O–H groups in total. The van der Waals surface area contributed by atoms with Gasteiger partial charge in [0.25, 0.3) is 5.60 Å². The minimum absolute atomic E-state index is 0.00956. The van der Waals surface area contributed by atoms with Crippen LogP contribution in [-0.2, 0) is 47.6 Å². The van der Waals surface area contributed by atoms with Crippen molar-refractivity contribution in [3.05, 3.63) is 0 Å². The average molecular weight is 859 g/mol. The summed E-state index contributed by atoms with van der Waals surface area (Å²) in [5.41, 5.74) is -10.8. The van der Waals surface area contributed by atoms with Crippen molar-refractivity contribution in [2.45, 2.75) is 213 Å². The van der Waals surface area contributed by atoms with Gasteiger partial charge in [0, 0.05) is 5.92 Å². The van der Waals surface area contributed by atoms with Crippen molar-refractivity contribution in [3.63, 3.8) is 0 Å². The summed E-state index contributed by atoms with van der Waals surface area (Å²) in [6.07, 6.45) is -2.34. The van der Waals surface area contributed by atoms with Gasteiger partial charge >= 0.3 is 36.2 Å². The molecule has 0 aromatic carbocycles. The highest BCUT2D eigenvalue weighted by Crippen LogP contribution is 2.53. The van der Waals surface area contributed by atoms with Crippen LogP contribution in [0.25, 0.3) is 0 Å². The third-order valence-electron chi connectivity index (χ3n) is 13.9. The van der Waals surface area contributed by atoms with Gasteiger partial charge in [0.1, 0.15) is 11.7 Å². The lowest BCUT2D eigenvalue weighted by Crippen LogP contribution is -2.70. The highest BCUT2D eigenvalue weighted by Gasteiger charge is 2.79. The van der Waals surface area contributed by atoms with Gasteiger partial charge in [-0.1, -0.05) is 20.8 Å². The van der Waals surface area contributed by atoms with E-state index in [1.54, 1.807) is 0 Å². The summed E-state index contributed by atoms with van der Waals surface area (Å²) < 4.78 is 110. The molecule has 0 amide bonds. The topological polar surface area (TPSA) is 144 Å². The molecule has 8 atom stereocenters. The SMILES string of the molecule is CCC(C)(C)C(=O)OC(C)(C)C(O)(C(F)(F)F)C(F)(F)F.CCC(C)(C)C(=O)OC1(C2CC3CCC2O3)CCCC1.CCC(C)(C)C(=O)OC1C2CC3C(=O)OC1C3O2. The number of halogens is 6. The Morgan fingerprint density at radius 2 is 1.22 bits per heavy atom. The molecule has 6 rings (SSSR count). The number of aliphatic hydroxyl groups is 1. The van der Waals surface area contributed by atoms with E-state index in [1.165, 1.54) is 40.0 Å². The Kier molecular flexibility index (Phi) is 14.0. The van der Waals surface area contributed by atoms with E-state index in [0.29, 0.717) is 44.8 Å². The Balaban J connectivity index is 0.000000196. The zero-order chi connectivity index (χ0) is 44.9. The van der Waals surface area contributed by atoms with Crippen LogP contribution in [0.1, 0.15) is 147 Å². The summed E-state index contributed by atoms with van der Waals surface area (Å²) in [6.45, 7) is 16.6. The molecule has 0 spiro atoms. The second-order valence-electron chi connectivity index (χ2n) is 19.4. The predicted molar refractivity (Wildman–Crippen MR) is 199 cm³/mol. The van der Waals surface area contributed by atoms with Crippen LogP contribution in [0.15, 0.2) is 0 Å². The molecule has 6 fully saturated rings. The van der Waals surface area contributed by atoms with E-state index in [4.69, 9.17) is 23.7 Å². The van der Waals surface area contributed by atoms with Gasteiger partial charge in [0.2, 0.25) is 0 Å². The predicted octanol–water partition coefficient (Wildman–Crippen LogP) is 8.49. The minimum atomic E-state index is -6.06. The summed E-state index contributed by atoms with van der Waals surface area (Å²) in [5, 5.41) is 9.27. The van der Waals surface area contributed by atoms with E-state index in [1.807, 2.05) is 34.6 Å². The molecular weight excluding hydrogens is 794 g/mol. The lowest BCUT2D eigenvalue weighted by atomic mass is 9.75. The fourth-order valence-electron chi connectivity index (χ4n) is 8.42. The fourth-order valence-corrected chi connectivity index (χ4v) is 8.42. The third kappa shape index (κ3) is 9.41. The van der Waals surface area contributed by atoms with E-state index < -0.39 is 52.6 Å². The maximum Gasteiger partial charge on any atom is 0.430 e. The quantitative estimate of drug-likeness (QED) is 0.121. The molecule has 6 aliphatic rings. The largest absolute Gasteiger partial charge is 0.458 e. The lowest BCUT2D eigenvalue weighted by molar-refractivity contribution is -0.408. The summed E-state index contributed by atoms with van der Waals surface area (Å²) in [7, 11) is 0. The van der Waals surface area contributed by atoms with Crippen LogP contribution in [0.5, 0.6) is 0 Å². The molecule has 5 aliphatic heterocycles. The average Bonchev–Trinajstić information content (AvgIpc) is 4.00. The second kappa shape index (κ2) is 16.9. The van der Waals surface area contributed by atoms with E-state index in [-0.39, 0.29) is 53.5 Å². The molecule has 5 saturated heterocycles. The fraction of sp³-hybridized carbons (Fsp3) is 0.905. The van der Waals surface area contributed by atoms with Gasteiger partial charge in [-0.25, -0.2) is 0 Å². The molecule has 340 valence electrons. The van der Waals surface area contributed by atoms with E-state index in [2.05, 4.69) is 11.7 Å². The number of esters is 4. The van der Waals surface area contributed by atoms with Crippen molar-refractivity contribution in [3.8, 4) is 0 Å². The zero-order valence-electron chi connectivity index (χ0n) is 36.2. The second-order valence-corrected chi connectivity index (χ2v) is 19.4. The summed E-state index contributed by atoms with van der Waals surface area (Å²) >= 11 is 0. The molecule has 0 aromatic rings.